The van der Waals surface area contributed by atoms with Gasteiger partial charge in [-0.2, -0.15) is 0 Å². The van der Waals surface area contributed by atoms with Crippen LogP contribution in [0, 0.1) is 13.8 Å². The Hall–Kier alpha value is -2.25. The number of nitrogens with zero attached hydrogens (tertiary/aromatic N) is 3. The van der Waals surface area contributed by atoms with Gasteiger partial charge in [0.25, 0.3) is 5.91 Å². The molecule has 140 valence electrons. The minimum absolute atomic E-state index is 0.0130. The SMILES string of the molecule is COCCn1c(CO)nnc1C1CC(NC(=O)c2c(C)cccc2C)C1. The average molecular weight is 358 g/mol. The molecule has 2 aromatic rings. The second kappa shape index (κ2) is 7.97. The first-order valence-corrected chi connectivity index (χ1v) is 8.94. The third kappa shape index (κ3) is 3.64. The van der Waals surface area contributed by atoms with Crippen LogP contribution in [0.25, 0.3) is 0 Å². The van der Waals surface area contributed by atoms with Crippen LogP contribution in [0.15, 0.2) is 18.2 Å². The molecular formula is C19H26N4O3. The van der Waals surface area contributed by atoms with E-state index in [0.717, 1.165) is 35.4 Å². The minimum Gasteiger partial charge on any atom is -0.388 e. The van der Waals surface area contributed by atoms with Gasteiger partial charge in [0.2, 0.25) is 0 Å². The fourth-order valence-corrected chi connectivity index (χ4v) is 3.57. The quantitative estimate of drug-likeness (QED) is 0.786. The van der Waals surface area contributed by atoms with Gasteiger partial charge in [0.15, 0.2) is 5.82 Å². The molecule has 1 aromatic heterocycles. The molecule has 0 radical (unpaired) electrons. The third-order valence-corrected chi connectivity index (χ3v) is 5.06. The number of carbonyl (C=O) groups is 1. The summed E-state index contributed by atoms with van der Waals surface area (Å²) in [5, 5.41) is 20.9. The van der Waals surface area contributed by atoms with Gasteiger partial charge in [-0.25, -0.2) is 0 Å². The van der Waals surface area contributed by atoms with Crippen molar-refractivity contribution in [3.63, 3.8) is 0 Å². The molecule has 1 aromatic carbocycles. The summed E-state index contributed by atoms with van der Waals surface area (Å²) in [6.07, 6.45) is 1.65. The van der Waals surface area contributed by atoms with Crippen molar-refractivity contribution >= 4 is 5.91 Å². The maximum absolute atomic E-state index is 12.6. The van der Waals surface area contributed by atoms with Gasteiger partial charge in [0, 0.05) is 31.2 Å². The van der Waals surface area contributed by atoms with Gasteiger partial charge in [-0.1, -0.05) is 18.2 Å². The zero-order valence-electron chi connectivity index (χ0n) is 15.5. The average Bonchev–Trinajstić information content (AvgIpc) is 2.98. The predicted octanol–water partition coefficient (Wildman–Crippen LogP) is 1.71. The summed E-state index contributed by atoms with van der Waals surface area (Å²) in [6.45, 7) is 4.93. The summed E-state index contributed by atoms with van der Waals surface area (Å²) in [7, 11) is 1.64. The highest BCUT2D eigenvalue weighted by Crippen LogP contribution is 2.36. The number of aliphatic hydroxyl groups is 1. The minimum atomic E-state index is -0.143. The van der Waals surface area contributed by atoms with Crippen LogP contribution in [-0.4, -0.2) is 45.5 Å². The fraction of sp³-hybridized carbons (Fsp3) is 0.526. The zero-order chi connectivity index (χ0) is 18.7. The van der Waals surface area contributed by atoms with Crippen LogP contribution in [0.3, 0.4) is 0 Å². The van der Waals surface area contributed by atoms with Gasteiger partial charge in [0.05, 0.1) is 6.61 Å². The number of hydrogen-bond acceptors (Lipinski definition) is 5. The molecule has 0 bridgehead atoms. The lowest BCUT2D eigenvalue weighted by Gasteiger charge is -2.35. The van der Waals surface area contributed by atoms with Crippen molar-refractivity contribution in [3.8, 4) is 0 Å². The second-order valence-electron chi connectivity index (χ2n) is 6.88. The fourth-order valence-electron chi connectivity index (χ4n) is 3.57. The van der Waals surface area contributed by atoms with Crippen LogP contribution < -0.4 is 5.32 Å². The molecule has 3 rings (SSSR count). The van der Waals surface area contributed by atoms with Crippen molar-refractivity contribution in [2.45, 2.75) is 51.8 Å². The normalized spacial score (nSPS) is 19.2. The first-order chi connectivity index (χ1) is 12.5. The van der Waals surface area contributed by atoms with E-state index in [9.17, 15) is 9.90 Å². The highest BCUT2D eigenvalue weighted by Gasteiger charge is 2.35. The van der Waals surface area contributed by atoms with E-state index in [0.29, 0.717) is 19.0 Å². The maximum Gasteiger partial charge on any atom is 0.252 e. The van der Waals surface area contributed by atoms with E-state index >= 15 is 0 Å². The van der Waals surface area contributed by atoms with Gasteiger partial charge in [-0.15, -0.1) is 10.2 Å². The molecule has 0 atom stereocenters. The number of ether oxygens (including phenoxy) is 1. The van der Waals surface area contributed by atoms with Crippen molar-refractivity contribution in [1.82, 2.24) is 20.1 Å². The molecule has 1 saturated carbocycles. The number of hydrogen-bond donors (Lipinski definition) is 2. The Balaban J connectivity index is 1.63. The molecule has 1 aliphatic rings. The van der Waals surface area contributed by atoms with E-state index < -0.39 is 0 Å². The van der Waals surface area contributed by atoms with Gasteiger partial charge in [-0.3, -0.25) is 4.79 Å². The molecule has 1 fully saturated rings. The van der Waals surface area contributed by atoms with E-state index in [1.807, 2.05) is 36.6 Å². The molecule has 1 amide bonds. The Kier molecular flexibility index (Phi) is 5.68. The van der Waals surface area contributed by atoms with Gasteiger partial charge < -0.3 is 19.7 Å². The number of nitrogens with one attached hydrogen (secondary N) is 1. The molecule has 0 aliphatic heterocycles. The summed E-state index contributed by atoms with van der Waals surface area (Å²) in [5.74, 6) is 1.65. The van der Waals surface area contributed by atoms with Crippen molar-refractivity contribution in [3.05, 3.63) is 46.5 Å². The predicted molar refractivity (Wildman–Crippen MR) is 97.0 cm³/mol. The Morgan fingerprint density at radius 1 is 1.31 bits per heavy atom. The molecule has 1 aliphatic carbocycles. The Morgan fingerprint density at radius 3 is 2.62 bits per heavy atom. The molecule has 7 heteroatoms. The van der Waals surface area contributed by atoms with Crippen molar-refractivity contribution in [1.29, 1.82) is 0 Å². The number of amides is 1. The maximum atomic E-state index is 12.6. The Morgan fingerprint density at radius 2 is 2.00 bits per heavy atom. The molecular weight excluding hydrogens is 332 g/mol. The van der Waals surface area contributed by atoms with E-state index in [2.05, 4.69) is 15.5 Å². The van der Waals surface area contributed by atoms with Crippen molar-refractivity contribution in [2.24, 2.45) is 0 Å². The molecule has 2 N–H and O–H groups in total. The van der Waals surface area contributed by atoms with E-state index in [1.165, 1.54) is 0 Å². The standard InChI is InChI=1S/C19H26N4O3/c1-12-5-4-6-13(2)17(12)19(25)20-15-9-14(10-15)18-22-21-16(11-24)23(18)7-8-26-3/h4-6,14-15,24H,7-11H2,1-3H3,(H,20,25). The highest BCUT2D eigenvalue weighted by atomic mass is 16.5. The van der Waals surface area contributed by atoms with Gasteiger partial charge >= 0.3 is 0 Å². The number of carbonyl (C=O) groups excluding carboxylic acids is 1. The number of rotatable bonds is 7. The molecule has 26 heavy (non-hydrogen) atoms. The van der Waals surface area contributed by atoms with E-state index in [-0.39, 0.29) is 24.5 Å². The molecule has 0 unspecified atom stereocenters. The number of aromatic nitrogens is 3. The number of aryl methyl sites for hydroxylation is 2. The topological polar surface area (TPSA) is 89.3 Å². The Bertz CT molecular complexity index is 761. The zero-order valence-corrected chi connectivity index (χ0v) is 15.5. The summed E-state index contributed by atoms with van der Waals surface area (Å²) in [4.78, 5) is 12.6. The summed E-state index contributed by atoms with van der Waals surface area (Å²) in [6, 6.07) is 6.02. The first-order valence-electron chi connectivity index (χ1n) is 8.94. The number of benzene rings is 1. The lowest BCUT2D eigenvalue weighted by atomic mass is 9.79. The Labute approximate surface area is 153 Å². The molecule has 7 nitrogen and oxygen atoms in total. The third-order valence-electron chi connectivity index (χ3n) is 5.06. The largest absolute Gasteiger partial charge is 0.388 e. The van der Waals surface area contributed by atoms with E-state index in [1.54, 1.807) is 7.11 Å². The van der Waals surface area contributed by atoms with Crippen molar-refractivity contribution < 1.29 is 14.6 Å². The van der Waals surface area contributed by atoms with Crippen LogP contribution >= 0.6 is 0 Å². The first kappa shape index (κ1) is 18.5. The molecule has 0 saturated heterocycles. The van der Waals surface area contributed by atoms with Gasteiger partial charge in [-0.05, 0) is 37.8 Å². The summed E-state index contributed by atoms with van der Waals surface area (Å²) < 4.78 is 7.06. The lowest BCUT2D eigenvalue weighted by Crippen LogP contribution is -2.44. The number of aliphatic hydroxyl groups excluding tert-OH is 1. The van der Waals surface area contributed by atoms with Crippen LogP contribution in [0.2, 0.25) is 0 Å². The summed E-state index contributed by atoms with van der Waals surface area (Å²) >= 11 is 0. The van der Waals surface area contributed by atoms with Crippen LogP contribution in [-0.2, 0) is 17.9 Å². The highest BCUT2D eigenvalue weighted by molar-refractivity contribution is 5.97. The number of methoxy groups -OCH3 is 1. The smallest absolute Gasteiger partial charge is 0.252 e. The monoisotopic (exact) mass is 358 g/mol. The lowest BCUT2D eigenvalue weighted by molar-refractivity contribution is 0.0905. The molecule has 0 spiro atoms. The van der Waals surface area contributed by atoms with Crippen molar-refractivity contribution in [2.75, 3.05) is 13.7 Å². The van der Waals surface area contributed by atoms with E-state index in [4.69, 9.17) is 4.74 Å². The van der Waals surface area contributed by atoms with Crippen LogP contribution in [0.4, 0.5) is 0 Å². The summed E-state index contributed by atoms with van der Waals surface area (Å²) in [5.41, 5.74) is 2.75. The van der Waals surface area contributed by atoms with Crippen LogP contribution in [0.5, 0.6) is 0 Å². The van der Waals surface area contributed by atoms with Crippen LogP contribution in [0.1, 0.15) is 51.9 Å². The molecule has 1 heterocycles. The second-order valence-corrected chi connectivity index (χ2v) is 6.88. The van der Waals surface area contributed by atoms with Gasteiger partial charge in [0.1, 0.15) is 12.4 Å².